The first-order valence-corrected chi connectivity index (χ1v) is 10.3. The molecule has 1 amide bonds. The minimum absolute atomic E-state index is 0.0149. The maximum Gasteiger partial charge on any atom is 0.297 e. The third kappa shape index (κ3) is 2.75. The molecule has 8 heteroatoms. The number of anilines is 1. The van der Waals surface area contributed by atoms with Gasteiger partial charge in [-0.15, -0.1) is 10.2 Å². The minimum Gasteiger partial charge on any atom is -0.450 e. The predicted octanol–water partition coefficient (Wildman–Crippen LogP) is 4.40. The number of aryl methyl sites for hydroxylation is 2. The predicted molar refractivity (Wildman–Crippen MR) is 112 cm³/mol. The van der Waals surface area contributed by atoms with Crippen LogP contribution in [0.2, 0.25) is 0 Å². The van der Waals surface area contributed by atoms with Gasteiger partial charge < -0.3 is 4.42 Å². The zero-order chi connectivity index (χ0) is 21.0. The summed E-state index contributed by atoms with van der Waals surface area (Å²) in [5, 5.41) is 9.83. The van der Waals surface area contributed by atoms with Crippen LogP contribution in [0.25, 0.3) is 11.0 Å². The lowest BCUT2D eigenvalue weighted by Crippen LogP contribution is -2.29. The van der Waals surface area contributed by atoms with Crippen LogP contribution in [-0.4, -0.2) is 16.1 Å². The number of benzene rings is 2. The summed E-state index contributed by atoms with van der Waals surface area (Å²) in [4.78, 5) is 28.2. The average molecular weight is 421 g/mol. The summed E-state index contributed by atoms with van der Waals surface area (Å²) in [5.74, 6) is -0.878. The molecule has 0 unspecified atom stereocenters. The van der Waals surface area contributed by atoms with Gasteiger partial charge in [-0.05, 0) is 43.2 Å². The molecule has 0 radical (unpaired) electrons. The molecule has 4 aromatic rings. The maximum absolute atomic E-state index is 13.6. The van der Waals surface area contributed by atoms with E-state index >= 15 is 0 Å². The molecule has 1 aliphatic heterocycles. The van der Waals surface area contributed by atoms with Crippen molar-refractivity contribution in [3.8, 4) is 0 Å². The summed E-state index contributed by atoms with van der Waals surface area (Å²) >= 11 is 1.28. The molecule has 1 aliphatic rings. The quantitative estimate of drug-likeness (QED) is 0.490. The SMILES string of the molecule is CCc1nnc(N2C(=O)c3oc4ccc(C)cc4c(=O)c3[C@H]2c2ccc(F)cc2)s1. The summed E-state index contributed by atoms with van der Waals surface area (Å²) in [6, 6.07) is 10.2. The fourth-order valence-electron chi connectivity index (χ4n) is 3.73. The zero-order valence-electron chi connectivity index (χ0n) is 16.2. The summed E-state index contributed by atoms with van der Waals surface area (Å²) in [6.07, 6.45) is 0.675. The van der Waals surface area contributed by atoms with Crippen molar-refractivity contribution >= 4 is 33.3 Å². The molecule has 6 nitrogen and oxygen atoms in total. The smallest absolute Gasteiger partial charge is 0.297 e. The highest BCUT2D eigenvalue weighted by molar-refractivity contribution is 7.15. The summed E-state index contributed by atoms with van der Waals surface area (Å²) in [7, 11) is 0. The topological polar surface area (TPSA) is 76.3 Å². The van der Waals surface area contributed by atoms with Gasteiger partial charge in [-0.25, -0.2) is 4.39 Å². The number of nitrogens with zero attached hydrogens (tertiary/aromatic N) is 3. The number of carbonyl (C=O) groups excluding carboxylic acids is 1. The normalized spacial score (nSPS) is 15.8. The number of rotatable bonds is 3. The van der Waals surface area contributed by atoms with Gasteiger partial charge in [0.05, 0.1) is 17.0 Å². The monoisotopic (exact) mass is 421 g/mol. The van der Waals surface area contributed by atoms with E-state index in [4.69, 9.17) is 4.42 Å². The van der Waals surface area contributed by atoms with Gasteiger partial charge in [0.25, 0.3) is 5.91 Å². The van der Waals surface area contributed by atoms with Gasteiger partial charge in [0, 0.05) is 0 Å². The van der Waals surface area contributed by atoms with Crippen molar-refractivity contribution in [2.75, 3.05) is 4.90 Å². The van der Waals surface area contributed by atoms with E-state index in [2.05, 4.69) is 10.2 Å². The molecule has 0 saturated carbocycles. The number of carbonyl (C=O) groups is 1. The zero-order valence-corrected chi connectivity index (χ0v) is 17.0. The van der Waals surface area contributed by atoms with E-state index in [-0.39, 0.29) is 16.8 Å². The second kappa shape index (κ2) is 6.84. The Morgan fingerprint density at radius 1 is 1.13 bits per heavy atom. The highest BCUT2D eigenvalue weighted by Crippen LogP contribution is 2.42. The van der Waals surface area contributed by atoms with Crippen molar-refractivity contribution in [2.24, 2.45) is 0 Å². The van der Waals surface area contributed by atoms with Crippen LogP contribution >= 0.6 is 11.3 Å². The van der Waals surface area contributed by atoms with Crippen LogP contribution in [0.15, 0.2) is 51.7 Å². The number of hydrogen-bond donors (Lipinski definition) is 0. The maximum atomic E-state index is 13.6. The molecule has 0 N–H and O–H groups in total. The van der Waals surface area contributed by atoms with Crippen molar-refractivity contribution in [2.45, 2.75) is 26.3 Å². The van der Waals surface area contributed by atoms with Crippen LogP contribution in [0.5, 0.6) is 0 Å². The molecule has 5 rings (SSSR count). The summed E-state index contributed by atoms with van der Waals surface area (Å²) in [5.41, 5.74) is 1.81. The van der Waals surface area contributed by atoms with E-state index < -0.39 is 17.8 Å². The van der Waals surface area contributed by atoms with Gasteiger partial charge in [0.2, 0.25) is 10.9 Å². The van der Waals surface area contributed by atoms with Crippen molar-refractivity contribution in [1.82, 2.24) is 10.2 Å². The molecule has 2 aromatic heterocycles. The Kier molecular flexibility index (Phi) is 4.25. The number of halogens is 1. The molecular weight excluding hydrogens is 405 g/mol. The Bertz CT molecular complexity index is 1360. The molecule has 150 valence electrons. The second-order valence-corrected chi connectivity index (χ2v) is 8.18. The lowest BCUT2D eigenvalue weighted by molar-refractivity contribution is 0.0970. The molecular formula is C22H16FN3O3S. The van der Waals surface area contributed by atoms with E-state index in [0.29, 0.717) is 28.1 Å². The number of amides is 1. The molecule has 30 heavy (non-hydrogen) atoms. The first-order valence-electron chi connectivity index (χ1n) is 9.46. The van der Waals surface area contributed by atoms with Crippen molar-refractivity contribution in [1.29, 1.82) is 0 Å². The van der Waals surface area contributed by atoms with Gasteiger partial charge in [0.15, 0.2) is 5.43 Å². The van der Waals surface area contributed by atoms with Gasteiger partial charge in [0.1, 0.15) is 16.4 Å². The van der Waals surface area contributed by atoms with Gasteiger partial charge in [-0.2, -0.15) is 0 Å². The Hall–Kier alpha value is -3.39. The molecule has 0 saturated heterocycles. The van der Waals surface area contributed by atoms with Crippen LogP contribution in [0.1, 0.15) is 45.2 Å². The first kappa shape index (κ1) is 18.6. The lowest BCUT2D eigenvalue weighted by atomic mass is 9.98. The molecule has 0 aliphatic carbocycles. The van der Waals surface area contributed by atoms with E-state index in [1.807, 2.05) is 19.9 Å². The van der Waals surface area contributed by atoms with E-state index in [1.165, 1.54) is 28.4 Å². The van der Waals surface area contributed by atoms with Crippen molar-refractivity contribution in [3.63, 3.8) is 0 Å². The van der Waals surface area contributed by atoms with Crippen LogP contribution in [-0.2, 0) is 6.42 Å². The molecule has 3 heterocycles. The molecule has 0 bridgehead atoms. The van der Waals surface area contributed by atoms with Crippen LogP contribution in [0, 0.1) is 12.7 Å². The Morgan fingerprint density at radius 2 is 1.90 bits per heavy atom. The fraction of sp³-hybridized carbons (Fsp3) is 0.182. The standard InChI is InChI=1S/C22H16FN3O3S/c1-3-16-24-25-22(30-16)26-18(12-5-7-13(23)8-6-12)17-19(27)14-10-11(2)4-9-15(14)29-20(17)21(26)28/h4-10,18H,3H2,1-2H3/t18-/m1/s1. The fourth-order valence-corrected chi connectivity index (χ4v) is 4.53. The number of fused-ring (bicyclic) bond motifs is 2. The van der Waals surface area contributed by atoms with E-state index in [1.54, 1.807) is 24.3 Å². The largest absolute Gasteiger partial charge is 0.450 e. The second-order valence-electron chi connectivity index (χ2n) is 7.13. The summed E-state index contributed by atoms with van der Waals surface area (Å²) < 4.78 is 19.5. The molecule has 0 spiro atoms. The van der Waals surface area contributed by atoms with Crippen LogP contribution in [0.4, 0.5) is 9.52 Å². The molecule has 0 fully saturated rings. The van der Waals surface area contributed by atoms with Gasteiger partial charge >= 0.3 is 0 Å². The van der Waals surface area contributed by atoms with Gasteiger partial charge in [-0.3, -0.25) is 14.5 Å². The first-order chi connectivity index (χ1) is 14.5. The average Bonchev–Trinajstić information content (AvgIpc) is 3.32. The molecule has 2 aromatic carbocycles. The lowest BCUT2D eigenvalue weighted by Gasteiger charge is -2.22. The third-order valence-electron chi connectivity index (χ3n) is 5.18. The molecule has 1 atom stereocenters. The van der Waals surface area contributed by atoms with Crippen LogP contribution in [0.3, 0.4) is 0 Å². The highest BCUT2D eigenvalue weighted by Gasteiger charge is 2.45. The van der Waals surface area contributed by atoms with E-state index in [9.17, 15) is 14.0 Å². The van der Waals surface area contributed by atoms with Crippen molar-refractivity contribution < 1.29 is 13.6 Å². The summed E-state index contributed by atoms with van der Waals surface area (Å²) in [6.45, 7) is 3.83. The number of hydrogen-bond acceptors (Lipinski definition) is 6. The van der Waals surface area contributed by atoms with Gasteiger partial charge in [-0.1, -0.05) is 42.0 Å². The number of aromatic nitrogens is 2. The Balaban J connectivity index is 1.80. The third-order valence-corrected chi connectivity index (χ3v) is 6.24. The highest BCUT2D eigenvalue weighted by atomic mass is 32.1. The Labute approximate surface area is 174 Å². The van der Waals surface area contributed by atoms with Crippen molar-refractivity contribution in [3.05, 3.63) is 86.0 Å². The minimum atomic E-state index is -0.771. The van der Waals surface area contributed by atoms with Crippen LogP contribution < -0.4 is 10.3 Å². The Morgan fingerprint density at radius 3 is 2.60 bits per heavy atom. The van der Waals surface area contributed by atoms with E-state index in [0.717, 1.165) is 10.6 Å².